The van der Waals surface area contributed by atoms with Crippen LogP contribution in [0.2, 0.25) is 0 Å². The number of aliphatic carboxylic acids is 2. The van der Waals surface area contributed by atoms with Gasteiger partial charge in [-0.2, -0.15) is 0 Å². The van der Waals surface area contributed by atoms with Crippen LogP contribution in [0.5, 0.6) is 5.75 Å². The summed E-state index contributed by atoms with van der Waals surface area (Å²) in [5.41, 5.74) is 0.749. The molecule has 0 aromatic heterocycles. The minimum atomic E-state index is -0.780. The lowest BCUT2D eigenvalue weighted by atomic mass is 9.93. The first-order chi connectivity index (χ1) is 11.5. The van der Waals surface area contributed by atoms with Crippen LogP contribution in [-0.2, 0) is 9.59 Å². The second-order valence-electron chi connectivity index (χ2n) is 5.96. The Morgan fingerprint density at radius 3 is 1.96 bits per heavy atom. The van der Waals surface area contributed by atoms with Crippen molar-refractivity contribution in [3.05, 3.63) is 35.9 Å². The van der Waals surface area contributed by atoms with E-state index in [0.29, 0.717) is 12.8 Å². The van der Waals surface area contributed by atoms with Gasteiger partial charge < -0.3 is 15.3 Å². The number of hydrogen-bond acceptors (Lipinski definition) is 3. The molecule has 0 fully saturated rings. The molecule has 0 aliphatic heterocycles. The zero-order valence-electron chi connectivity index (χ0n) is 13.9. The van der Waals surface area contributed by atoms with Gasteiger partial charge in [0.1, 0.15) is 5.75 Å². The largest absolute Gasteiger partial charge is 0.507 e. The monoisotopic (exact) mass is 334 g/mol. The summed E-state index contributed by atoms with van der Waals surface area (Å²) >= 11 is 0. The lowest BCUT2D eigenvalue weighted by Crippen LogP contribution is -2.00. The highest BCUT2D eigenvalue weighted by Crippen LogP contribution is 2.23. The van der Waals surface area contributed by atoms with Gasteiger partial charge in [0.05, 0.1) is 0 Å². The third-order valence-corrected chi connectivity index (χ3v) is 3.92. The van der Waals surface area contributed by atoms with Crippen molar-refractivity contribution in [2.45, 2.75) is 51.4 Å². The Kier molecular flexibility index (Phi) is 9.27. The molecule has 0 spiro atoms. The van der Waals surface area contributed by atoms with Crippen LogP contribution in [0, 0.1) is 5.92 Å². The lowest BCUT2D eigenvalue weighted by Gasteiger charge is -2.12. The van der Waals surface area contributed by atoms with E-state index >= 15 is 0 Å². The van der Waals surface area contributed by atoms with Crippen LogP contribution in [0.15, 0.2) is 30.3 Å². The molecule has 3 N–H and O–H groups in total. The van der Waals surface area contributed by atoms with Gasteiger partial charge in [0.25, 0.3) is 0 Å². The van der Waals surface area contributed by atoms with Crippen molar-refractivity contribution in [1.29, 1.82) is 0 Å². The van der Waals surface area contributed by atoms with Crippen molar-refractivity contribution >= 4 is 18.0 Å². The van der Waals surface area contributed by atoms with Gasteiger partial charge in [-0.15, -0.1) is 0 Å². The molecule has 132 valence electrons. The Hall–Kier alpha value is -2.30. The lowest BCUT2D eigenvalue weighted by molar-refractivity contribution is -0.138. The van der Waals surface area contributed by atoms with Gasteiger partial charge in [-0.05, 0) is 37.7 Å². The van der Waals surface area contributed by atoms with Crippen LogP contribution >= 0.6 is 0 Å². The number of benzene rings is 1. The SMILES string of the molecule is O=C(O)CCCCC(C=Cc1ccccc1O)CCCCC(=O)O. The minimum absolute atomic E-state index is 0.176. The van der Waals surface area contributed by atoms with E-state index in [9.17, 15) is 14.7 Å². The molecule has 0 saturated carbocycles. The summed E-state index contributed by atoms with van der Waals surface area (Å²) in [6, 6.07) is 7.09. The molecule has 0 unspecified atom stereocenters. The summed E-state index contributed by atoms with van der Waals surface area (Å²) in [6.07, 6.45) is 8.93. The molecule has 0 aliphatic carbocycles. The van der Waals surface area contributed by atoms with Crippen molar-refractivity contribution in [3.63, 3.8) is 0 Å². The summed E-state index contributed by atoms with van der Waals surface area (Å²) in [5, 5.41) is 27.2. The number of hydrogen-bond donors (Lipinski definition) is 3. The third-order valence-electron chi connectivity index (χ3n) is 3.92. The fraction of sp³-hybridized carbons (Fsp3) is 0.474. The molecular formula is C19H26O5. The van der Waals surface area contributed by atoms with Crippen LogP contribution in [0.25, 0.3) is 6.08 Å². The van der Waals surface area contributed by atoms with E-state index in [1.165, 1.54) is 0 Å². The summed E-state index contributed by atoms with van der Waals surface area (Å²) < 4.78 is 0. The predicted molar refractivity (Wildman–Crippen MR) is 92.8 cm³/mol. The Balaban J connectivity index is 2.53. The van der Waals surface area contributed by atoms with Crippen molar-refractivity contribution < 1.29 is 24.9 Å². The molecule has 0 heterocycles. The zero-order chi connectivity index (χ0) is 17.8. The topological polar surface area (TPSA) is 94.8 Å². The van der Waals surface area contributed by atoms with Crippen LogP contribution in [-0.4, -0.2) is 27.3 Å². The molecule has 0 radical (unpaired) electrons. The summed E-state index contributed by atoms with van der Waals surface area (Å²) in [4.78, 5) is 21.1. The Morgan fingerprint density at radius 2 is 1.46 bits per heavy atom. The molecule has 0 saturated heterocycles. The molecule has 1 aromatic rings. The molecule has 1 aromatic carbocycles. The summed E-state index contributed by atoms with van der Waals surface area (Å²) in [7, 11) is 0. The molecule has 0 aliphatic rings. The summed E-state index contributed by atoms with van der Waals surface area (Å²) in [5.74, 6) is -1.08. The number of allylic oxidation sites excluding steroid dienone is 1. The van der Waals surface area contributed by atoms with Gasteiger partial charge in [0, 0.05) is 18.4 Å². The highest BCUT2D eigenvalue weighted by molar-refractivity contribution is 5.66. The van der Waals surface area contributed by atoms with Crippen LogP contribution in [0.1, 0.15) is 56.9 Å². The van der Waals surface area contributed by atoms with Gasteiger partial charge in [0.15, 0.2) is 0 Å². The third kappa shape index (κ3) is 8.98. The number of para-hydroxylation sites is 1. The number of unbranched alkanes of at least 4 members (excludes halogenated alkanes) is 2. The molecular weight excluding hydrogens is 308 g/mol. The minimum Gasteiger partial charge on any atom is -0.507 e. The fourth-order valence-electron chi connectivity index (χ4n) is 2.57. The molecule has 5 nitrogen and oxygen atoms in total. The van der Waals surface area contributed by atoms with Gasteiger partial charge in [-0.1, -0.05) is 43.2 Å². The van der Waals surface area contributed by atoms with E-state index in [-0.39, 0.29) is 24.5 Å². The first-order valence-corrected chi connectivity index (χ1v) is 8.39. The van der Waals surface area contributed by atoms with Crippen LogP contribution in [0.3, 0.4) is 0 Å². The van der Waals surface area contributed by atoms with Gasteiger partial charge in [-0.25, -0.2) is 0 Å². The standard InChI is InChI=1S/C19H26O5/c20-17-10-4-3-9-16(17)14-13-15(7-1-5-11-18(21)22)8-2-6-12-19(23)24/h3-4,9-10,13-15,20H,1-2,5-8,11-12H2,(H,21,22)(H,23,24). The van der Waals surface area contributed by atoms with E-state index < -0.39 is 11.9 Å². The normalized spacial score (nSPS) is 11.2. The first kappa shape index (κ1) is 19.7. The van der Waals surface area contributed by atoms with E-state index in [4.69, 9.17) is 10.2 Å². The zero-order valence-corrected chi connectivity index (χ0v) is 13.9. The highest BCUT2D eigenvalue weighted by Gasteiger charge is 2.07. The highest BCUT2D eigenvalue weighted by atomic mass is 16.4. The average molecular weight is 334 g/mol. The Bertz CT molecular complexity index is 528. The van der Waals surface area contributed by atoms with E-state index in [2.05, 4.69) is 0 Å². The number of aromatic hydroxyl groups is 1. The smallest absolute Gasteiger partial charge is 0.303 e. The van der Waals surface area contributed by atoms with Crippen molar-refractivity contribution in [2.75, 3.05) is 0 Å². The van der Waals surface area contributed by atoms with Crippen molar-refractivity contribution in [3.8, 4) is 5.75 Å². The average Bonchev–Trinajstić information content (AvgIpc) is 2.53. The number of carboxylic acid groups (broad SMARTS) is 2. The van der Waals surface area contributed by atoms with Gasteiger partial charge in [0.2, 0.25) is 0 Å². The van der Waals surface area contributed by atoms with Gasteiger partial charge >= 0.3 is 11.9 Å². The summed E-state index contributed by atoms with van der Waals surface area (Å²) in [6.45, 7) is 0. The number of carboxylic acids is 2. The first-order valence-electron chi connectivity index (χ1n) is 8.39. The molecule has 0 amide bonds. The molecule has 24 heavy (non-hydrogen) atoms. The second-order valence-corrected chi connectivity index (χ2v) is 5.96. The second kappa shape index (κ2) is 11.3. The number of rotatable bonds is 12. The molecule has 0 atom stereocenters. The molecule has 5 heteroatoms. The molecule has 0 bridgehead atoms. The maximum absolute atomic E-state index is 10.6. The number of carbonyl (C=O) groups is 2. The number of phenols is 1. The quantitative estimate of drug-likeness (QED) is 0.495. The van der Waals surface area contributed by atoms with Crippen molar-refractivity contribution in [1.82, 2.24) is 0 Å². The number of phenolic OH excluding ortho intramolecular Hbond substituents is 1. The maximum atomic E-state index is 10.6. The van der Waals surface area contributed by atoms with Gasteiger partial charge in [-0.3, -0.25) is 9.59 Å². The van der Waals surface area contributed by atoms with E-state index in [1.807, 2.05) is 24.3 Å². The van der Waals surface area contributed by atoms with Crippen molar-refractivity contribution in [2.24, 2.45) is 5.92 Å². The Labute approximate surface area is 142 Å². The van der Waals surface area contributed by atoms with Crippen LogP contribution in [0.4, 0.5) is 0 Å². The van der Waals surface area contributed by atoms with E-state index in [1.54, 1.807) is 12.1 Å². The van der Waals surface area contributed by atoms with Crippen LogP contribution < -0.4 is 0 Å². The molecule has 1 rings (SSSR count). The predicted octanol–water partition coefficient (Wildman–Crippen LogP) is 4.31. The van der Waals surface area contributed by atoms with E-state index in [0.717, 1.165) is 31.2 Å². The Morgan fingerprint density at radius 1 is 0.917 bits per heavy atom. The fourth-order valence-corrected chi connectivity index (χ4v) is 2.57. The maximum Gasteiger partial charge on any atom is 0.303 e.